The Morgan fingerprint density at radius 3 is 2.63 bits per heavy atom. The summed E-state index contributed by atoms with van der Waals surface area (Å²) < 4.78 is 26.1. The van der Waals surface area contributed by atoms with Gasteiger partial charge in [0, 0.05) is 0 Å². The van der Waals surface area contributed by atoms with Gasteiger partial charge in [-0.15, -0.1) is 0 Å². The van der Waals surface area contributed by atoms with E-state index in [2.05, 4.69) is 4.72 Å². The number of hydrogen-bond acceptors (Lipinski definition) is 4. The SMILES string of the molecule is CCC(C#N)S(=O)(=O)Nc1cccc(C(=O)O)c1C. The van der Waals surface area contributed by atoms with Crippen LogP contribution < -0.4 is 4.72 Å². The lowest BCUT2D eigenvalue weighted by atomic mass is 10.1. The average Bonchev–Trinajstić information content (AvgIpc) is 2.32. The number of nitrogens with one attached hydrogen (secondary N) is 1. The molecule has 0 saturated heterocycles. The molecular weight excluding hydrogens is 268 g/mol. The molecule has 0 fully saturated rings. The summed E-state index contributed by atoms with van der Waals surface area (Å²) >= 11 is 0. The molecule has 0 saturated carbocycles. The van der Waals surface area contributed by atoms with E-state index >= 15 is 0 Å². The van der Waals surface area contributed by atoms with E-state index in [1.54, 1.807) is 13.0 Å². The fourth-order valence-corrected chi connectivity index (χ4v) is 2.83. The van der Waals surface area contributed by atoms with E-state index in [0.29, 0.717) is 5.56 Å². The summed E-state index contributed by atoms with van der Waals surface area (Å²) in [5.41, 5.74) is 0.505. The van der Waals surface area contributed by atoms with Crippen LogP contribution in [0.15, 0.2) is 18.2 Å². The second kappa shape index (κ2) is 5.71. The van der Waals surface area contributed by atoms with Crippen molar-refractivity contribution in [2.45, 2.75) is 25.5 Å². The van der Waals surface area contributed by atoms with Gasteiger partial charge < -0.3 is 5.11 Å². The molecule has 1 aromatic rings. The third kappa shape index (κ3) is 3.23. The summed E-state index contributed by atoms with van der Waals surface area (Å²) in [7, 11) is -3.84. The number of nitrogens with zero attached hydrogens (tertiary/aromatic N) is 1. The maximum Gasteiger partial charge on any atom is 0.336 e. The smallest absolute Gasteiger partial charge is 0.336 e. The van der Waals surface area contributed by atoms with Crippen LogP contribution >= 0.6 is 0 Å². The van der Waals surface area contributed by atoms with Crippen LogP contribution in [0.4, 0.5) is 5.69 Å². The van der Waals surface area contributed by atoms with Gasteiger partial charge in [-0.2, -0.15) is 5.26 Å². The fourth-order valence-electron chi connectivity index (χ4n) is 1.58. The van der Waals surface area contributed by atoms with Crippen LogP contribution in [0, 0.1) is 18.3 Å². The van der Waals surface area contributed by atoms with Gasteiger partial charge in [0.15, 0.2) is 5.25 Å². The molecule has 0 amide bonds. The molecule has 0 aliphatic heterocycles. The summed E-state index contributed by atoms with van der Waals surface area (Å²) in [6, 6.07) is 6.00. The highest BCUT2D eigenvalue weighted by atomic mass is 32.2. The number of aromatic carboxylic acids is 1. The van der Waals surface area contributed by atoms with Gasteiger partial charge in [-0.25, -0.2) is 13.2 Å². The van der Waals surface area contributed by atoms with Crippen molar-refractivity contribution in [1.82, 2.24) is 0 Å². The molecule has 2 N–H and O–H groups in total. The molecular formula is C12H14N2O4S. The van der Waals surface area contributed by atoms with E-state index in [1.807, 2.05) is 0 Å². The lowest BCUT2D eigenvalue weighted by Crippen LogP contribution is -2.26. The third-order valence-corrected chi connectivity index (χ3v) is 4.40. The number of carboxylic acids is 1. The van der Waals surface area contributed by atoms with E-state index in [9.17, 15) is 13.2 Å². The maximum absolute atomic E-state index is 11.9. The minimum atomic E-state index is -3.84. The highest BCUT2D eigenvalue weighted by Crippen LogP contribution is 2.21. The Morgan fingerprint density at radius 1 is 1.53 bits per heavy atom. The monoisotopic (exact) mass is 282 g/mol. The maximum atomic E-state index is 11.9. The number of rotatable bonds is 5. The number of carbonyl (C=O) groups is 1. The van der Waals surface area contributed by atoms with Gasteiger partial charge >= 0.3 is 5.97 Å². The van der Waals surface area contributed by atoms with Crippen LogP contribution in [-0.2, 0) is 10.0 Å². The second-order valence-electron chi connectivity index (χ2n) is 3.96. The molecule has 0 heterocycles. The largest absolute Gasteiger partial charge is 0.478 e. The average molecular weight is 282 g/mol. The lowest BCUT2D eigenvalue weighted by Gasteiger charge is -2.14. The Morgan fingerprint density at radius 2 is 2.16 bits per heavy atom. The summed E-state index contributed by atoms with van der Waals surface area (Å²) in [6.07, 6.45) is 0.156. The Kier molecular flexibility index (Phi) is 4.51. The first-order valence-corrected chi connectivity index (χ1v) is 7.12. The number of sulfonamides is 1. The van der Waals surface area contributed by atoms with E-state index in [-0.39, 0.29) is 17.7 Å². The number of carboxylic acid groups (broad SMARTS) is 1. The molecule has 6 nitrogen and oxygen atoms in total. The molecule has 1 aromatic carbocycles. The fraction of sp³-hybridized carbons (Fsp3) is 0.333. The van der Waals surface area contributed by atoms with Gasteiger partial charge in [0.05, 0.1) is 17.3 Å². The molecule has 0 aliphatic carbocycles. The number of hydrogen-bond donors (Lipinski definition) is 2. The van der Waals surface area contributed by atoms with Crippen LogP contribution in [0.1, 0.15) is 29.3 Å². The van der Waals surface area contributed by atoms with Crippen molar-refractivity contribution >= 4 is 21.7 Å². The first-order chi connectivity index (χ1) is 8.83. The first kappa shape index (κ1) is 15.0. The zero-order valence-corrected chi connectivity index (χ0v) is 11.4. The van der Waals surface area contributed by atoms with Gasteiger partial charge in [-0.05, 0) is 31.0 Å². The molecule has 0 radical (unpaired) electrons. The van der Waals surface area contributed by atoms with Gasteiger partial charge in [0.1, 0.15) is 0 Å². The van der Waals surface area contributed by atoms with Crippen molar-refractivity contribution in [2.24, 2.45) is 0 Å². The molecule has 0 bridgehead atoms. The minimum absolute atomic E-state index is 0.0187. The Hall–Kier alpha value is -2.07. The quantitative estimate of drug-likeness (QED) is 0.855. The Balaban J connectivity index is 3.18. The standard InChI is InChI=1S/C12H14N2O4S/c1-3-9(7-13)19(17,18)14-11-6-4-5-10(8(11)2)12(15)16/h4-6,9,14H,3H2,1-2H3,(H,15,16). The van der Waals surface area contributed by atoms with Crippen molar-refractivity contribution in [2.75, 3.05) is 4.72 Å². The predicted molar refractivity (Wildman–Crippen MR) is 70.4 cm³/mol. The zero-order valence-electron chi connectivity index (χ0n) is 10.5. The molecule has 1 unspecified atom stereocenters. The number of benzene rings is 1. The van der Waals surface area contributed by atoms with Gasteiger partial charge in [-0.1, -0.05) is 13.0 Å². The van der Waals surface area contributed by atoms with Crippen LogP contribution in [0.2, 0.25) is 0 Å². The third-order valence-electron chi connectivity index (χ3n) is 2.71. The summed E-state index contributed by atoms with van der Waals surface area (Å²) in [4.78, 5) is 11.0. The van der Waals surface area contributed by atoms with Crippen LogP contribution in [0.5, 0.6) is 0 Å². The van der Waals surface area contributed by atoms with Gasteiger partial charge in [0.2, 0.25) is 10.0 Å². The Bertz CT molecular complexity index is 632. The van der Waals surface area contributed by atoms with Crippen LogP contribution in [0.3, 0.4) is 0 Å². The molecule has 0 spiro atoms. The second-order valence-corrected chi connectivity index (χ2v) is 5.82. The van der Waals surface area contributed by atoms with Crippen LogP contribution in [-0.4, -0.2) is 24.7 Å². The highest BCUT2D eigenvalue weighted by molar-refractivity contribution is 7.93. The van der Waals surface area contributed by atoms with Crippen molar-refractivity contribution in [3.8, 4) is 6.07 Å². The normalized spacial score (nSPS) is 12.5. The van der Waals surface area contributed by atoms with E-state index in [0.717, 1.165) is 0 Å². The molecule has 0 aromatic heterocycles. The molecule has 102 valence electrons. The van der Waals surface area contributed by atoms with Crippen molar-refractivity contribution < 1.29 is 18.3 Å². The van der Waals surface area contributed by atoms with E-state index < -0.39 is 21.2 Å². The molecule has 0 aliphatic rings. The van der Waals surface area contributed by atoms with E-state index in [4.69, 9.17) is 10.4 Å². The number of nitriles is 1. The van der Waals surface area contributed by atoms with E-state index in [1.165, 1.54) is 25.1 Å². The highest BCUT2D eigenvalue weighted by Gasteiger charge is 2.24. The van der Waals surface area contributed by atoms with Crippen LogP contribution in [0.25, 0.3) is 0 Å². The summed E-state index contributed by atoms with van der Waals surface area (Å²) in [5.74, 6) is -1.13. The minimum Gasteiger partial charge on any atom is -0.478 e. The van der Waals surface area contributed by atoms with Gasteiger partial charge in [-0.3, -0.25) is 4.72 Å². The predicted octanol–water partition coefficient (Wildman–Crippen LogP) is 1.74. The molecule has 1 rings (SSSR count). The summed E-state index contributed by atoms with van der Waals surface area (Å²) in [5, 5.41) is 16.6. The molecule has 1 atom stereocenters. The van der Waals surface area contributed by atoms with Crippen molar-refractivity contribution in [1.29, 1.82) is 5.26 Å². The van der Waals surface area contributed by atoms with Crippen molar-refractivity contribution in [3.05, 3.63) is 29.3 Å². The molecule has 19 heavy (non-hydrogen) atoms. The number of anilines is 1. The lowest BCUT2D eigenvalue weighted by molar-refractivity contribution is 0.0696. The Labute approximate surface area is 111 Å². The van der Waals surface area contributed by atoms with Gasteiger partial charge in [0.25, 0.3) is 0 Å². The summed E-state index contributed by atoms with van der Waals surface area (Å²) in [6.45, 7) is 3.10. The zero-order chi connectivity index (χ0) is 14.6. The molecule has 7 heteroatoms. The van der Waals surface area contributed by atoms with Crippen molar-refractivity contribution in [3.63, 3.8) is 0 Å². The first-order valence-electron chi connectivity index (χ1n) is 5.57. The topological polar surface area (TPSA) is 107 Å².